The van der Waals surface area contributed by atoms with Crippen LogP contribution >= 0.6 is 0 Å². The number of nitrogens with zero attached hydrogens (tertiary/aromatic N) is 5. The Balaban J connectivity index is 1.67. The third-order valence-electron chi connectivity index (χ3n) is 4.38. The van der Waals surface area contributed by atoms with E-state index in [1.165, 1.54) is 5.56 Å². The number of likely N-dealkylation sites (N-methyl/N-ethyl adjacent to an activating group) is 1. The molecule has 0 aliphatic carbocycles. The zero-order chi connectivity index (χ0) is 19.2. The molecular formula is C20H26N6O. The van der Waals surface area contributed by atoms with E-state index >= 15 is 0 Å². The van der Waals surface area contributed by atoms with Gasteiger partial charge < -0.3 is 4.90 Å². The summed E-state index contributed by atoms with van der Waals surface area (Å²) >= 11 is 0. The van der Waals surface area contributed by atoms with Gasteiger partial charge in [-0.05, 0) is 32.4 Å². The highest BCUT2D eigenvalue weighted by Crippen LogP contribution is 2.14. The number of rotatable bonds is 7. The van der Waals surface area contributed by atoms with Crippen LogP contribution in [0.15, 0.2) is 48.8 Å². The van der Waals surface area contributed by atoms with Crippen LogP contribution < -0.4 is 5.32 Å². The van der Waals surface area contributed by atoms with Crippen molar-refractivity contribution >= 4 is 11.8 Å². The van der Waals surface area contributed by atoms with Crippen molar-refractivity contribution in [1.29, 1.82) is 0 Å². The molecular weight excluding hydrogens is 340 g/mol. The maximum atomic E-state index is 12.7. The molecule has 2 amide bonds. The molecule has 3 aromatic rings. The number of benzene rings is 1. The van der Waals surface area contributed by atoms with Crippen molar-refractivity contribution in [2.45, 2.75) is 33.9 Å². The molecule has 0 radical (unpaired) electrons. The van der Waals surface area contributed by atoms with Gasteiger partial charge >= 0.3 is 6.03 Å². The molecule has 1 aromatic carbocycles. The quantitative estimate of drug-likeness (QED) is 0.698. The van der Waals surface area contributed by atoms with E-state index < -0.39 is 0 Å². The number of hydrogen-bond donors (Lipinski definition) is 1. The number of urea groups is 1. The summed E-state index contributed by atoms with van der Waals surface area (Å²) in [7, 11) is 0. The normalized spacial score (nSPS) is 10.8. The van der Waals surface area contributed by atoms with E-state index in [1.54, 1.807) is 11.1 Å². The Bertz CT molecular complexity index is 884. The zero-order valence-corrected chi connectivity index (χ0v) is 16.1. The molecule has 0 spiro atoms. The molecule has 0 fully saturated rings. The highest BCUT2D eigenvalue weighted by Gasteiger charge is 2.15. The fourth-order valence-corrected chi connectivity index (χ4v) is 3.00. The lowest BCUT2D eigenvalue weighted by Crippen LogP contribution is -2.37. The van der Waals surface area contributed by atoms with Gasteiger partial charge in [-0.1, -0.05) is 29.8 Å². The number of amides is 2. The molecule has 0 saturated heterocycles. The highest BCUT2D eigenvalue weighted by molar-refractivity contribution is 5.88. The molecule has 0 aliphatic heterocycles. The van der Waals surface area contributed by atoms with E-state index in [2.05, 4.69) is 40.6 Å². The fourth-order valence-electron chi connectivity index (χ4n) is 3.00. The van der Waals surface area contributed by atoms with Crippen molar-refractivity contribution in [3.05, 3.63) is 65.6 Å². The maximum absolute atomic E-state index is 12.7. The Hall–Kier alpha value is -3.09. The van der Waals surface area contributed by atoms with Crippen molar-refractivity contribution in [3.8, 4) is 0 Å². The Labute approximate surface area is 159 Å². The van der Waals surface area contributed by atoms with Crippen LogP contribution in [-0.4, -0.2) is 43.6 Å². The first-order valence-corrected chi connectivity index (χ1v) is 9.18. The first-order valence-electron chi connectivity index (χ1n) is 9.18. The van der Waals surface area contributed by atoms with E-state index in [0.29, 0.717) is 32.0 Å². The van der Waals surface area contributed by atoms with Crippen LogP contribution in [0.1, 0.15) is 23.7 Å². The average Bonchev–Trinajstić information content (AvgIpc) is 3.25. The van der Waals surface area contributed by atoms with E-state index in [0.717, 1.165) is 11.3 Å². The van der Waals surface area contributed by atoms with E-state index in [4.69, 9.17) is 0 Å². The number of carbonyl (C=O) groups excluding carboxylic acids is 1. The smallest absolute Gasteiger partial charge is 0.323 e. The summed E-state index contributed by atoms with van der Waals surface area (Å²) in [6.07, 6.45) is 3.63. The molecule has 0 bridgehead atoms. The largest absolute Gasteiger partial charge is 0.323 e. The predicted octanol–water partition coefficient (Wildman–Crippen LogP) is 3.30. The third-order valence-corrected chi connectivity index (χ3v) is 4.38. The molecule has 142 valence electrons. The summed E-state index contributed by atoms with van der Waals surface area (Å²) in [6, 6.07) is 11.9. The van der Waals surface area contributed by atoms with Gasteiger partial charge in [-0.25, -0.2) is 9.48 Å². The van der Waals surface area contributed by atoms with Crippen LogP contribution in [0.2, 0.25) is 0 Å². The first-order chi connectivity index (χ1) is 13.0. The lowest BCUT2D eigenvalue weighted by Gasteiger charge is -2.21. The lowest BCUT2D eigenvalue weighted by atomic mass is 10.1. The van der Waals surface area contributed by atoms with Crippen molar-refractivity contribution < 1.29 is 4.79 Å². The van der Waals surface area contributed by atoms with Gasteiger partial charge in [0.2, 0.25) is 0 Å². The van der Waals surface area contributed by atoms with E-state index in [-0.39, 0.29) is 6.03 Å². The lowest BCUT2D eigenvalue weighted by molar-refractivity contribution is 0.211. The summed E-state index contributed by atoms with van der Waals surface area (Å²) in [4.78, 5) is 14.5. The second-order valence-electron chi connectivity index (χ2n) is 6.60. The van der Waals surface area contributed by atoms with E-state index in [1.807, 2.05) is 47.6 Å². The molecule has 1 N–H and O–H groups in total. The second kappa shape index (κ2) is 8.53. The van der Waals surface area contributed by atoms with Gasteiger partial charge in [-0.15, -0.1) is 0 Å². The number of aryl methyl sites for hydroxylation is 2. The zero-order valence-electron chi connectivity index (χ0n) is 16.1. The molecule has 2 aromatic heterocycles. The number of carbonyl (C=O) groups is 1. The summed E-state index contributed by atoms with van der Waals surface area (Å²) in [5.41, 5.74) is 3.23. The molecule has 7 nitrogen and oxygen atoms in total. The molecule has 27 heavy (non-hydrogen) atoms. The average molecular weight is 366 g/mol. The van der Waals surface area contributed by atoms with Gasteiger partial charge in [0.15, 0.2) is 0 Å². The van der Waals surface area contributed by atoms with Gasteiger partial charge in [-0.3, -0.25) is 10.00 Å². The highest BCUT2D eigenvalue weighted by atomic mass is 16.2. The minimum Gasteiger partial charge on any atom is -0.323 e. The van der Waals surface area contributed by atoms with Gasteiger partial charge in [0.05, 0.1) is 18.8 Å². The van der Waals surface area contributed by atoms with Gasteiger partial charge in [0, 0.05) is 31.5 Å². The summed E-state index contributed by atoms with van der Waals surface area (Å²) in [5.74, 6) is 0.705. The SMILES string of the molecule is CCN(CCn1cccn1)C(=O)Nc1cc(C)nn1Cc1cccc(C)c1. The van der Waals surface area contributed by atoms with Crippen LogP contribution in [0.5, 0.6) is 0 Å². The van der Waals surface area contributed by atoms with Crippen LogP contribution in [0.3, 0.4) is 0 Å². The molecule has 3 rings (SSSR count). The van der Waals surface area contributed by atoms with Crippen LogP contribution in [0.25, 0.3) is 0 Å². The van der Waals surface area contributed by atoms with Crippen molar-refractivity contribution in [2.75, 3.05) is 18.4 Å². The van der Waals surface area contributed by atoms with Crippen molar-refractivity contribution in [3.63, 3.8) is 0 Å². The molecule has 0 unspecified atom stereocenters. The minimum atomic E-state index is -0.130. The molecule has 2 heterocycles. The monoisotopic (exact) mass is 366 g/mol. The Morgan fingerprint density at radius 1 is 1.22 bits per heavy atom. The van der Waals surface area contributed by atoms with Crippen LogP contribution in [-0.2, 0) is 13.1 Å². The summed E-state index contributed by atoms with van der Waals surface area (Å²) < 4.78 is 3.66. The Morgan fingerprint density at radius 2 is 2.07 bits per heavy atom. The number of nitrogens with one attached hydrogen (secondary N) is 1. The van der Waals surface area contributed by atoms with Gasteiger partial charge in [-0.2, -0.15) is 10.2 Å². The Morgan fingerprint density at radius 3 is 2.78 bits per heavy atom. The number of aromatic nitrogens is 4. The molecule has 0 aliphatic rings. The van der Waals surface area contributed by atoms with Gasteiger partial charge in [0.1, 0.15) is 5.82 Å². The summed E-state index contributed by atoms with van der Waals surface area (Å²) in [6.45, 7) is 8.46. The minimum absolute atomic E-state index is 0.130. The topological polar surface area (TPSA) is 68.0 Å². The van der Waals surface area contributed by atoms with Crippen LogP contribution in [0.4, 0.5) is 10.6 Å². The maximum Gasteiger partial charge on any atom is 0.323 e. The standard InChI is InChI=1S/C20H26N6O/c1-4-24(11-12-25-10-6-9-21-25)20(27)22-19-14-17(3)23-26(19)15-18-8-5-7-16(2)13-18/h5-10,13-14H,4,11-12,15H2,1-3H3,(H,22,27). The van der Waals surface area contributed by atoms with E-state index in [9.17, 15) is 4.79 Å². The number of hydrogen-bond acceptors (Lipinski definition) is 3. The Kier molecular flexibility index (Phi) is 5.90. The summed E-state index contributed by atoms with van der Waals surface area (Å²) in [5, 5.41) is 11.7. The molecule has 7 heteroatoms. The van der Waals surface area contributed by atoms with Crippen molar-refractivity contribution in [2.24, 2.45) is 0 Å². The molecule has 0 saturated carbocycles. The molecule has 0 atom stereocenters. The first kappa shape index (κ1) is 18.7. The number of anilines is 1. The third kappa shape index (κ3) is 4.97. The van der Waals surface area contributed by atoms with Gasteiger partial charge in [0.25, 0.3) is 0 Å². The predicted molar refractivity (Wildman–Crippen MR) is 106 cm³/mol. The fraction of sp³-hybridized carbons (Fsp3) is 0.350. The second-order valence-corrected chi connectivity index (χ2v) is 6.60. The van der Waals surface area contributed by atoms with Crippen LogP contribution in [0, 0.1) is 13.8 Å². The van der Waals surface area contributed by atoms with Crippen molar-refractivity contribution in [1.82, 2.24) is 24.5 Å².